The Morgan fingerprint density at radius 2 is 2.38 bits per heavy atom. The molecule has 1 unspecified atom stereocenters. The Hall–Kier alpha value is -1.22. The summed E-state index contributed by atoms with van der Waals surface area (Å²) >= 11 is 0. The number of hydrogen-bond donors (Lipinski definition) is 2. The van der Waals surface area contributed by atoms with Crippen LogP contribution in [0.3, 0.4) is 0 Å². The molecule has 3 N–H and O–H groups in total. The fraction of sp³-hybridized carbons (Fsp3) is 0.538. The van der Waals surface area contributed by atoms with E-state index in [9.17, 15) is 0 Å². The van der Waals surface area contributed by atoms with E-state index in [2.05, 4.69) is 11.4 Å². The van der Waals surface area contributed by atoms with Crippen molar-refractivity contribution in [2.24, 2.45) is 0 Å². The Morgan fingerprint density at radius 3 is 3.06 bits per heavy atom. The Morgan fingerprint density at radius 1 is 1.50 bits per heavy atom. The van der Waals surface area contributed by atoms with E-state index in [1.807, 2.05) is 19.1 Å². The third-order valence-corrected chi connectivity index (χ3v) is 3.10. The molecule has 0 spiro atoms. The predicted octanol–water partition coefficient (Wildman–Crippen LogP) is 2.56. The predicted molar refractivity (Wildman–Crippen MR) is 67.7 cm³/mol. The Kier molecular flexibility index (Phi) is 3.67. The lowest BCUT2D eigenvalue weighted by molar-refractivity contribution is 0.107. The number of rotatable bonds is 4. The van der Waals surface area contributed by atoms with Gasteiger partial charge >= 0.3 is 0 Å². The summed E-state index contributed by atoms with van der Waals surface area (Å²) in [6.07, 6.45) is 3.95. The maximum absolute atomic E-state index is 5.85. The number of ether oxygens (including phenoxy) is 1. The lowest BCUT2D eigenvalue weighted by Crippen LogP contribution is -2.12. The molecule has 1 saturated heterocycles. The fourth-order valence-corrected chi connectivity index (χ4v) is 2.00. The van der Waals surface area contributed by atoms with Crippen molar-refractivity contribution in [2.75, 3.05) is 24.2 Å². The number of hydrogen-bond acceptors (Lipinski definition) is 3. The summed E-state index contributed by atoms with van der Waals surface area (Å²) in [7, 11) is 0. The van der Waals surface area contributed by atoms with E-state index < -0.39 is 0 Å². The van der Waals surface area contributed by atoms with Crippen molar-refractivity contribution in [3.05, 3.63) is 23.8 Å². The van der Waals surface area contributed by atoms with Crippen LogP contribution in [0.4, 0.5) is 11.4 Å². The van der Waals surface area contributed by atoms with Crippen LogP contribution in [-0.2, 0) is 4.74 Å². The van der Waals surface area contributed by atoms with Gasteiger partial charge in [-0.05, 0) is 43.9 Å². The average Bonchev–Trinajstić information content (AvgIpc) is 2.76. The summed E-state index contributed by atoms with van der Waals surface area (Å²) in [5.74, 6) is 0. The van der Waals surface area contributed by atoms with E-state index in [0.717, 1.165) is 36.5 Å². The van der Waals surface area contributed by atoms with E-state index in [1.54, 1.807) is 0 Å². The highest BCUT2D eigenvalue weighted by Crippen LogP contribution is 2.18. The molecule has 0 aromatic heterocycles. The van der Waals surface area contributed by atoms with E-state index in [4.69, 9.17) is 10.5 Å². The minimum Gasteiger partial charge on any atom is -0.398 e. The Bertz CT molecular complexity index is 346. The number of nitrogens with one attached hydrogen (secondary N) is 1. The second-order valence-corrected chi connectivity index (χ2v) is 4.42. The van der Waals surface area contributed by atoms with Gasteiger partial charge in [0.1, 0.15) is 0 Å². The second kappa shape index (κ2) is 5.21. The first-order valence-corrected chi connectivity index (χ1v) is 5.97. The van der Waals surface area contributed by atoms with Crippen LogP contribution in [0.25, 0.3) is 0 Å². The van der Waals surface area contributed by atoms with Crippen LogP contribution < -0.4 is 11.1 Å². The number of nitrogens with two attached hydrogens (primary N) is 1. The summed E-state index contributed by atoms with van der Waals surface area (Å²) in [4.78, 5) is 0. The van der Waals surface area contributed by atoms with Crippen molar-refractivity contribution in [1.82, 2.24) is 0 Å². The van der Waals surface area contributed by atoms with Crippen LogP contribution in [0.5, 0.6) is 0 Å². The van der Waals surface area contributed by atoms with Crippen molar-refractivity contribution in [3.63, 3.8) is 0 Å². The Labute approximate surface area is 97.0 Å². The number of anilines is 2. The normalized spacial score (nSPS) is 19.9. The molecule has 0 amide bonds. The largest absolute Gasteiger partial charge is 0.398 e. The first-order valence-electron chi connectivity index (χ1n) is 5.97. The van der Waals surface area contributed by atoms with Crippen molar-refractivity contribution in [3.8, 4) is 0 Å². The van der Waals surface area contributed by atoms with E-state index in [0.29, 0.717) is 6.10 Å². The minimum atomic E-state index is 0.454. The van der Waals surface area contributed by atoms with Gasteiger partial charge in [-0.3, -0.25) is 0 Å². The molecule has 2 rings (SSSR count). The van der Waals surface area contributed by atoms with Gasteiger partial charge in [0, 0.05) is 24.5 Å². The zero-order chi connectivity index (χ0) is 11.4. The van der Waals surface area contributed by atoms with Gasteiger partial charge in [0.25, 0.3) is 0 Å². The van der Waals surface area contributed by atoms with Crippen molar-refractivity contribution in [1.29, 1.82) is 0 Å². The molecule has 16 heavy (non-hydrogen) atoms. The summed E-state index contributed by atoms with van der Waals surface area (Å²) < 4.78 is 5.57. The minimum absolute atomic E-state index is 0.454. The summed E-state index contributed by atoms with van der Waals surface area (Å²) in [5, 5.41) is 3.38. The van der Waals surface area contributed by atoms with Gasteiger partial charge in [0.05, 0.1) is 6.10 Å². The quantitative estimate of drug-likeness (QED) is 0.767. The van der Waals surface area contributed by atoms with Gasteiger partial charge < -0.3 is 15.8 Å². The maximum Gasteiger partial charge on any atom is 0.0592 e. The monoisotopic (exact) mass is 220 g/mol. The molecule has 1 atom stereocenters. The average molecular weight is 220 g/mol. The molecule has 3 heteroatoms. The standard InChI is InChI=1S/C13H20N2O/c1-10-4-5-11(9-13(10)14)15-7-6-12-3-2-8-16-12/h4-5,9,12,15H,2-3,6-8,14H2,1H3. The number of nitrogen functional groups attached to an aromatic ring is 1. The molecular weight excluding hydrogens is 200 g/mol. The maximum atomic E-state index is 5.85. The van der Waals surface area contributed by atoms with Crippen LogP contribution in [-0.4, -0.2) is 19.3 Å². The first kappa shape index (κ1) is 11.3. The lowest BCUT2D eigenvalue weighted by Gasteiger charge is -2.11. The molecule has 1 aromatic rings. The van der Waals surface area contributed by atoms with E-state index >= 15 is 0 Å². The molecule has 1 aliphatic rings. The topological polar surface area (TPSA) is 47.3 Å². The van der Waals surface area contributed by atoms with E-state index in [-0.39, 0.29) is 0 Å². The third kappa shape index (κ3) is 2.89. The zero-order valence-electron chi connectivity index (χ0n) is 9.83. The molecule has 88 valence electrons. The third-order valence-electron chi connectivity index (χ3n) is 3.10. The molecule has 0 saturated carbocycles. The van der Waals surface area contributed by atoms with Crippen LogP contribution in [0.1, 0.15) is 24.8 Å². The van der Waals surface area contributed by atoms with Gasteiger partial charge in [0.2, 0.25) is 0 Å². The zero-order valence-corrected chi connectivity index (χ0v) is 9.83. The summed E-state index contributed by atoms with van der Waals surface area (Å²) in [6, 6.07) is 6.11. The van der Waals surface area contributed by atoms with Crippen molar-refractivity contribution in [2.45, 2.75) is 32.3 Å². The van der Waals surface area contributed by atoms with Gasteiger partial charge in [-0.15, -0.1) is 0 Å². The molecule has 0 radical (unpaired) electrons. The summed E-state index contributed by atoms with van der Waals surface area (Å²) in [5.41, 5.74) is 8.93. The van der Waals surface area contributed by atoms with Crippen molar-refractivity contribution < 1.29 is 4.74 Å². The molecular formula is C13H20N2O. The molecule has 1 fully saturated rings. The lowest BCUT2D eigenvalue weighted by atomic mass is 10.1. The van der Waals surface area contributed by atoms with Crippen molar-refractivity contribution >= 4 is 11.4 Å². The highest BCUT2D eigenvalue weighted by atomic mass is 16.5. The van der Waals surface area contributed by atoms with Crippen LogP contribution in [0, 0.1) is 6.92 Å². The highest BCUT2D eigenvalue weighted by molar-refractivity contribution is 5.58. The Balaban J connectivity index is 1.78. The SMILES string of the molecule is Cc1ccc(NCCC2CCCO2)cc1N. The molecule has 0 aliphatic carbocycles. The second-order valence-electron chi connectivity index (χ2n) is 4.42. The van der Waals surface area contributed by atoms with Crippen LogP contribution >= 0.6 is 0 Å². The molecule has 0 bridgehead atoms. The highest BCUT2D eigenvalue weighted by Gasteiger charge is 2.14. The number of aryl methyl sites for hydroxylation is 1. The first-order chi connectivity index (χ1) is 7.75. The van der Waals surface area contributed by atoms with Crippen LogP contribution in [0.2, 0.25) is 0 Å². The van der Waals surface area contributed by atoms with Gasteiger partial charge in [-0.2, -0.15) is 0 Å². The van der Waals surface area contributed by atoms with Crippen LogP contribution in [0.15, 0.2) is 18.2 Å². The van der Waals surface area contributed by atoms with Gasteiger partial charge in [-0.1, -0.05) is 6.07 Å². The summed E-state index contributed by atoms with van der Waals surface area (Å²) in [6.45, 7) is 3.90. The van der Waals surface area contributed by atoms with Gasteiger partial charge in [-0.25, -0.2) is 0 Å². The molecule has 1 aliphatic heterocycles. The smallest absolute Gasteiger partial charge is 0.0592 e. The van der Waals surface area contributed by atoms with Gasteiger partial charge in [0.15, 0.2) is 0 Å². The van der Waals surface area contributed by atoms with E-state index in [1.165, 1.54) is 12.8 Å². The number of benzene rings is 1. The fourth-order valence-electron chi connectivity index (χ4n) is 2.00. The molecule has 1 aromatic carbocycles. The molecule has 3 nitrogen and oxygen atoms in total. The molecule has 1 heterocycles.